The van der Waals surface area contributed by atoms with E-state index in [1.807, 2.05) is 4.90 Å². The number of anilines is 2. The lowest BCUT2D eigenvalue weighted by atomic mass is 9.79. The molecule has 0 aromatic carbocycles. The van der Waals surface area contributed by atoms with Crippen molar-refractivity contribution < 1.29 is 22.0 Å². The van der Waals surface area contributed by atoms with E-state index >= 15 is 0 Å². The molecular formula is C21H22F5N7. The number of fused-ring (bicyclic) bond motifs is 2. The van der Waals surface area contributed by atoms with Gasteiger partial charge in [-0.05, 0) is 43.2 Å². The summed E-state index contributed by atoms with van der Waals surface area (Å²) in [5, 5.41) is 7.28. The Morgan fingerprint density at radius 3 is 2.67 bits per heavy atom. The summed E-state index contributed by atoms with van der Waals surface area (Å²) in [5.74, 6) is 1.55. The number of nitrogens with one attached hydrogen (secondary N) is 1. The van der Waals surface area contributed by atoms with Crippen LogP contribution in [0.25, 0.3) is 11.2 Å². The number of alkyl halides is 5. The average molecular weight is 467 g/mol. The first-order valence-electron chi connectivity index (χ1n) is 10.8. The van der Waals surface area contributed by atoms with Gasteiger partial charge in [-0.25, -0.2) is 28.4 Å². The zero-order valence-corrected chi connectivity index (χ0v) is 17.5. The third-order valence-electron chi connectivity index (χ3n) is 6.41. The summed E-state index contributed by atoms with van der Waals surface area (Å²) >= 11 is 0. The lowest BCUT2D eigenvalue weighted by Crippen LogP contribution is -2.32. The highest BCUT2D eigenvalue weighted by atomic mass is 19.4. The van der Waals surface area contributed by atoms with Crippen LogP contribution in [0.1, 0.15) is 25.0 Å². The van der Waals surface area contributed by atoms with E-state index < -0.39 is 24.8 Å². The van der Waals surface area contributed by atoms with Crippen LogP contribution in [0.4, 0.5) is 33.6 Å². The molecule has 3 aromatic rings. The Labute approximate surface area is 186 Å². The number of hydrogen-bond donors (Lipinski definition) is 1. The summed E-state index contributed by atoms with van der Waals surface area (Å²) in [5.41, 5.74) is -0.129. The predicted octanol–water partition coefficient (Wildman–Crippen LogP) is 4.22. The highest BCUT2D eigenvalue weighted by molar-refractivity contribution is 5.71. The Morgan fingerprint density at radius 2 is 1.88 bits per heavy atom. The third kappa shape index (κ3) is 4.55. The smallest absolute Gasteiger partial charge is 0.366 e. The van der Waals surface area contributed by atoms with Gasteiger partial charge in [-0.3, -0.25) is 0 Å². The largest absolute Gasteiger partial charge is 0.433 e. The molecule has 5 rings (SSSR count). The van der Waals surface area contributed by atoms with Crippen LogP contribution in [-0.4, -0.2) is 50.3 Å². The van der Waals surface area contributed by atoms with Crippen LogP contribution in [0.3, 0.4) is 0 Å². The van der Waals surface area contributed by atoms with Crippen LogP contribution in [0.2, 0.25) is 0 Å². The number of rotatable bonds is 5. The van der Waals surface area contributed by atoms with Gasteiger partial charge < -0.3 is 10.2 Å². The van der Waals surface area contributed by atoms with E-state index in [9.17, 15) is 22.0 Å². The van der Waals surface area contributed by atoms with Gasteiger partial charge in [0.1, 0.15) is 29.4 Å². The molecule has 2 fully saturated rings. The molecule has 4 heterocycles. The Hall–Kier alpha value is -3.05. The summed E-state index contributed by atoms with van der Waals surface area (Å²) in [7, 11) is 0. The number of hydrogen-bond acceptors (Lipinski definition) is 6. The van der Waals surface area contributed by atoms with Crippen molar-refractivity contribution >= 4 is 22.8 Å². The average Bonchev–Trinajstić information content (AvgIpc) is 3.37. The van der Waals surface area contributed by atoms with Gasteiger partial charge in [0, 0.05) is 19.1 Å². The second-order valence-electron chi connectivity index (χ2n) is 8.64. The van der Waals surface area contributed by atoms with E-state index in [2.05, 4.69) is 25.4 Å². The first-order valence-corrected chi connectivity index (χ1v) is 10.8. The van der Waals surface area contributed by atoms with Gasteiger partial charge in [0.15, 0.2) is 5.65 Å². The highest BCUT2D eigenvalue weighted by Gasteiger charge is 2.39. The molecule has 3 aromatic heterocycles. The number of nitrogens with zero attached hydrogens (tertiary/aromatic N) is 6. The van der Waals surface area contributed by atoms with Crippen molar-refractivity contribution in [3.8, 4) is 0 Å². The lowest BCUT2D eigenvalue weighted by molar-refractivity contribution is -0.141. The van der Waals surface area contributed by atoms with Gasteiger partial charge in [-0.1, -0.05) is 6.07 Å². The molecule has 176 valence electrons. The standard InChI is InChI=1S/C21H22F5N7/c22-17(23)11-33-20-15(7-28-33)27-8-18(31-20)29-14-5-4-12-9-32(10-13(12)6-14)19-3-1-2-16(30-19)21(24,25)26/h1-3,7-8,12-14,17H,4-6,9-11H2,(H,29,31)/t12-,13+,14-/m1/s1. The maximum atomic E-state index is 13.0. The molecule has 7 nitrogen and oxygen atoms in total. The molecule has 0 amide bonds. The number of aromatic nitrogens is 5. The fourth-order valence-electron chi connectivity index (χ4n) is 4.90. The Kier molecular flexibility index (Phi) is 5.53. The van der Waals surface area contributed by atoms with Crippen molar-refractivity contribution in [1.29, 1.82) is 0 Å². The summed E-state index contributed by atoms with van der Waals surface area (Å²) in [6, 6.07) is 4.11. The third-order valence-corrected chi connectivity index (χ3v) is 6.41. The van der Waals surface area contributed by atoms with Crippen LogP contribution in [0.15, 0.2) is 30.6 Å². The topological polar surface area (TPSA) is 71.8 Å². The SMILES string of the molecule is FC(F)Cn1ncc2ncc(N[C@@H]3CC[C@@H]4CN(c5cccc(C(F)(F)F)n5)C[C@@H]4C3)nc21. The monoisotopic (exact) mass is 467 g/mol. The zero-order chi connectivity index (χ0) is 23.2. The maximum Gasteiger partial charge on any atom is 0.433 e. The van der Waals surface area contributed by atoms with Gasteiger partial charge >= 0.3 is 6.18 Å². The summed E-state index contributed by atoms with van der Waals surface area (Å²) < 4.78 is 65.8. The fourth-order valence-corrected chi connectivity index (χ4v) is 4.90. The van der Waals surface area contributed by atoms with E-state index in [4.69, 9.17) is 0 Å². The summed E-state index contributed by atoms with van der Waals surface area (Å²) in [6.07, 6.45) is -1.40. The van der Waals surface area contributed by atoms with Crippen molar-refractivity contribution in [2.24, 2.45) is 11.8 Å². The molecular weight excluding hydrogens is 445 g/mol. The zero-order valence-electron chi connectivity index (χ0n) is 17.5. The molecule has 0 unspecified atom stereocenters. The second-order valence-corrected chi connectivity index (χ2v) is 8.64. The molecule has 0 bridgehead atoms. The molecule has 1 aliphatic heterocycles. The van der Waals surface area contributed by atoms with E-state index in [0.29, 0.717) is 47.7 Å². The lowest BCUT2D eigenvalue weighted by Gasteiger charge is -2.31. The molecule has 1 N–H and O–H groups in total. The van der Waals surface area contributed by atoms with Gasteiger partial charge in [0.2, 0.25) is 0 Å². The van der Waals surface area contributed by atoms with E-state index in [1.54, 1.807) is 12.3 Å². The maximum absolute atomic E-state index is 13.0. The van der Waals surface area contributed by atoms with E-state index in [-0.39, 0.29) is 6.04 Å². The van der Waals surface area contributed by atoms with Gasteiger partial charge in [0.25, 0.3) is 6.43 Å². The minimum absolute atomic E-state index is 0.110. The minimum Gasteiger partial charge on any atom is -0.366 e. The normalized spacial score (nSPS) is 23.3. The van der Waals surface area contributed by atoms with Crippen LogP contribution in [-0.2, 0) is 12.7 Å². The first kappa shape index (κ1) is 21.8. The predicted molar refractivity (Wildman–Crippen MR) is 111 cm³/mol. The van der Waals surface area contributed by atoms with Gasteiger partial charge in [-0.2, -0.15) is 18.3 Å². The number of halogens is 5. The minimum atomic E-state index is -4.47. The molecule has 2 aliphatic rings. The van der Waals surface area contributed by atoms with Crippen LogP contribution >= 0.6 is 0 Å². The first-order chi connectivity index (χ1) is 15.8. The molecule has 1 saturated carbocycles. The van der Waals surface area contributed by atoms with E-state index in [0.717, 1.165) is 30.0 Å². The van der Waals surface area contributed by atoms with Crippen LogP contribution in [0, 0.1) is 11.8 Å². The molecule has 12 heteroatoms. The van der Waals surface area contributed by atoms with Crippen molar-refractivity contribution in [2.45, 2.75) is 44.5 Å². The van der Waals surface area contributed by atoms with Gasteiger partial charge in [-0.15, -0.1) is 0 Å². The molecule has 3 atom stereocenters. The van der Waals surface area contributed by atoms with Crippen molar-refractivity contribution in [1.82, 2.24) is 24.7 Å². The Morgan fingerprint density at radius 1 is 1.06 bits per heavy atom. The molecule has 0 spiro atoms. The molecule has 1 aliphatic carbocycles. The molecule has 33 heavy (non-hydrogen) atoms. The van der Waals surface area contributed by atoms with Crippen LogP contribution < -0.4 is 10.2 Å². The molecule has 0 radical (unpaired) electrons. The van der Waals surface area contributed by atoms with E-state index in [1.165, 1.54) is 12.3 Å². The van der Waals surface area contributed by atoms with Crippen molar-refractivity contribution in [2.75, 3.05) is 23.3 Å². The van der Waals surface area contributed by atoms with Crippen LogP contribution in [0.5, 0.6) is 0 Å². The Bertz CT molecular complexity index is 1130. The van der Waals surface area contributed by atoms with Crippen molar-refractivity contribution in [3.05, 3.63) is 36.3 Å². The summed E-state index contributed by atoms with van der Waals surface area (Å²) in [6.45, 7) is 0.779. The summed E-state index contributed by atoms with van der Waals surface area (Å²) in [4.78, 5) is 14.4. The Balaban J connectivity index is 1.25. The number of pyridine rings is 1. The van der Waals surface area contributed by atoms with Crippen molar-refractivity contribution in [3.63, 3.8) is 0 Å². The quantitative estimate of drug-likeness (QED) is 0.567. The molecule has 1 saturated heterocycles. The second kappa shape index (κ2) is 8.38. The fraction of sp³-hybridized carbons (Fsp3) is 0.524. The van der Waals surface area contributed by atoms with Gasteiger partial charge in [0.05, 0.1) is 12.4 Å². The highest BCUT2D eigenvalue weighted by Crippen LogP contribution is 2.39.